The summed E-state index contributed by atoms with van der Waals surface area (Å²) in [5, 5.41) is 17.9. The van der Waals surface area contributed by atoms with Crippen LogP contribution in [0, 0.1) is 0 Å². The monoisotopic (exact) mass is 272 g/mol. The second-order valence-corrected chi connectivity index (χ2v) is 3.77. The molecule has 18 heavy (non-hydrogen) atoms. The van der Waals surface area contributed by atoms with Gasteiger partial charge in [0.25, 0.3) is 0 Å². The molecule has 0 amide bonds. The van der Waals surface area contributed by atoms with Crippen molar-refractivity contribution in [3.8, 4) is 0 Å². The first-order chi connectivity index (χ1) is 8.40. The fourth-order valence-electron chi connectivity index (χ4n) is 1.05. The second kappa shape index (κ2) is 6.13. The van der Waals surface area contributed by atoms with Crippen molar-refractivity contribution in [2.45, 2.75) is 12.5 Å². The maximum atomic E-state index is 11.4. The molecule has 0 aliphatic carbocycles. The summed E-state index contributed by atoms with van der Waals surface area (Å²) in [6, 6.07) is 5.52. The number of hydrogen-bond acceptors (Lipinski definition) is 5. The first-order valence-electron chi connectivity index (χ1n) is 4.81. The number of hydrogen-bond donors (Lipinski definition) is 2. The van der Waals surface area contributed by atoms with Crippen molar-refractivity contribution >= 4 is 29.5 Å². The molecule has 0 aliphatic heterocycles. The van der Waals surface area contributed by atoms with Gasteiger partial charge in [-0.2, -0.15) is 0 Å². The fourth-order valence-corrected chi connectivity index (χ4v) is 1.18. The molecule has 96 valence electrons. The zero-order valence-corrected chi connectivity index (χ0v) is 9.76. The van der Waals surface area contributed by atoms with Crippen LogP contribution in [-0.2, 0) is 14.3 Å². The van der Waals surface area contributed by atoms with Gasteiger partial charge in [-0.15, -0.1) is 0 Å². The highest BCUT2D eigenvalue weighted by Crippen LogP contribution is 2.11. The molecule has 1 atom stereocenters. The van der Waals surface area contributed by atoms with E-state index in [0.29, 0.717) is 5.02 Å². The number of benzene rings is 1. The normalized spacial score (nSPS) is 11.7. The third kappa shape index (κ3) is 4.15. The summed E-state index contributed by atoms with van der Waals surface area (Å²) in [5.41, 5.74) is 0.0651. The maximum absolute atomic E-state index is 11.4. The quantitative estimate of drug-likeness (QED) is 0.623. The largest absolute Gasteiger partial charge is 0.481 e. The molecule has 1 unspecified atom stereocenters. The molecule has 0 saturated heterocycles. The van der Waals surface area contributed by atoms with Crippen molar-refractivity contribution in [3.05, 3.63) is 34.9 Å². The van der Waals surface area contributed by atoms with E-state index in [1.165, 1.54) is 24.3 Å². The Bertz CT molecular complexity index is 467. The average molecular weight is 273 g/mol. The van der Waals surface area contributed by atoms with Gasteiger partial charge in [0.2, 0.25) is 0 Å². The molecule has 1 aromatic rings. The lowest BCUT2D eigenvalue weighted by molar-refractivity contribution is -0.153. The minimum atomic E-state index is -1.88. The predicted octanol–water partition coefficient (Wildman–Crippen LogP) is 0.859. The van der Waals surface area contributed by atoms with E-state index < -0.39 is 30.4 Å². The number of ether oxygens (including phenoxy) is 1. The number of esters is 2. The molecule has 0 fully saturated rings. The summed E-state index contributed by atoms with van der Waals surface area (Å²) in [6.07, 6.45) is -2.70. The number of aliphatic hydroxyl groups excluding tert-OH is 1. The zero-order chi connectivity index (χ0) is 13.7. The number of rotatable bonds is 4. The predicted molar refractivity (Wildman–Crippen MR) is 60.1 cm³/mol. The van der Waals surface area contributed by atoms with Crippen molar-refractivity contribution in [2.75, 3.05) is 0 Å². The second-order valence-electron chi connectivity index (χ2n) is 3.33. The van der Waals surface area contributed by atoms with Crippen LogP contribution in [0.25, 0.3) is 0 Å². The summed E-state index contributed by atoms with van der Waals surface area (Å²) in [5.74, 6) is -3.67. The lowest BCUT2D eigenvalue weighted by Gasteiger charge is -2.07. The third-order valence-electron chi connectivity index (χ3n) is 1.91. The van der Waals surface area contributed by atoms with E-state index >= 15 is 0 Å². The van der Waals surface area contributed by atoms with Gasteiger partial charge in [0, 0.05) is 5.02 Å². The Morgan fingerprint density at radius 1 is 1.22 bits per heavy atom. The Labute approximate surface area is 107 Å². The topological polar surface area (TPSA) is 101 Å². The van der Waals surface area contributed by atoms with Crippen LogP contribution in [0.2, 0.25) is 5.02 Å². The van der Waals surface area contributed by atoms with Crippen LogP contribution in [-0.4, -0.2) is 34.2 Å². The molecule has 0 heterocycles. The van der Waals surface area contributed by atoms with E-state index in [1.807, 2.05) is 0 Å². The molecule has 1 aromatic carbocycles. The minimum absolute atomic E-state index is 0.0651. The van der Waals surface area contributed by atoms with Crippen LogP contribution in [0.5, 0.6) is 0 Å². The van der Waals surface area contributed by atoms with Gasteiger partial charge in [-0.05, 0) is 24.3 Å². The smallest absolute Gasteiger partial charge is 0.345 e. The van der Waals surface area contributed by atoms with Crippen LogP contribution < -0.4 is 0 Å². The number of carbonyl (C=O) groups excluding carboxylic acids is 2. The molecule has 0 radical (unpaired) electrons. The van der Waals surface area contributed by atoms with Crippen LogP contribution in [0.3, 0.4) is 0 Å². The Morgan fingerprint density at radius 3 is 2.28 bits per heavy atom. The molecule has 0 aliphatic rings. The Hall–Kier alpha value is -1.92. The highest BCUT2D eigenvalue weighted by molar-refractivity contribution is 6.30. The SMILES string of the molecule is O=C(O)CC(O)C(=O)OC(=O)c1ccc(Cl)cc1. The Kier molecular flexibility index (Phi) is 4.82. The highest BCUT2D eigenvalue weighted by Gasteiger charge is 2.23. The minimum Gasteiger partial charge on any atom is -0.481 e. The van der Waals surface area contributed by atoms with Crippen LogP contribution in [0.15, 0.2) is 24.3 Å². The molecule has 0 bridgehead atoms. The fraction of sp³-hybridized carbons (Fsp3) is 0.182. The summed E-state index contributed by atoms with van der Waals surface area (Å²) in [6.45, 7) is 0. The highest BCUT2D eigenvalue weighted by atomic mass is 35.5. The van der Waals surface area contributed by atoms with Crippen LogP contribution >= 0.6 is 11.6 Å². The zero-order valence-electron chi connectivity index (χ0n) is 9.00. The first-order valence-corrected chi connectivity index (χ1v) is 5.19. The molecular formula is C11H9ClO6. The van der Waals surface area contributed by atoms with Crippen molar-refractivity contribution in [1.29, 1.82) is 0 Å². The van der Waals surface area contributed by atoms with Crippen molar-refractivity contribution in [1.82, 2.24) is 0 Å². The number of halogens is 1. The number of aliphatic carboxylic acids is 1. The lowest BCUT2D eigenvalue weighted by Crippen LogP contribution is -2.28. The standard InChI is InChI=1S/C11H9ClO6/c12-7-3-1-6(2-4-7)10(16)18-11(17)8(13)5-9(14)15/h1-4,8,13H,5H2,(H,14,15). The van der Waals surface area contributed by atoms with E-state index in [9.17, 15) is 14.4 Å². The van der Waals surface area contributed by atoms with Gasteiger partial charge < -0.3 is 14.9 Å². The van der Waals surface area contributed by atoms with E-state index in [-0.39, 0.29) is 5.56 Å². The molecule has 6 nitrogen and oxygen atoms in total. The number of carbonyl (C=O) groups is 3. The lowest BCUT2D eigenvalue weighted by atomic mass is 10.2. The summed E-state index contributed by atoms with van der Waals surface area (Å²) < 4.78 is 4.30. The third-order valence-corrected chi connectivity index (χ3v) is 2.17. The van der Waals surface area contributed by atoms with Gasteiger partial charge in [-0.3, -0.25) is 4.79 Å². The first kappa shape index (κ1) is 14.1. The number of aliphatic hydroxyl groups is 1. The van der Waals surface area contributed by atoms with E-state index in [4.69, 9.17) is 21.8 Å². The van der Waals surface area contributed by atoms with Crippen LogP contribution in [0.1, 0.15) is 16.8 Å². The van der Waals surface area contributed by atoms with E-state index in [1.54, 1.807) is 0 Å². The molecule has 0 spiro atoms. The van der Waals surface area contributed by atoms with Crippen LogP contribution in [0.4, 0.5) is 0 Å². The van der Waals surface area contributed by atoms with Gasteiger partial charge in [0.1, 0.15) is 0 Å². The Balaban J connectivity index is 2.62. The van der Waals surface area contributed by atoms with Crippen molar-refractivity contribution < 1.29 is 29.3 Å². The molecule has 2 N–H and O–H groups in total. The van der Waals surface area contributed by atoms with Gasteiger partial charge >= 0.3 is 17.9 Å². The molecular weight excluding hydrogens is 264 g/mol. The van der Waals surface area contributed by atoms with E-state index in [2.05, 4.69) is 4.74 Å². The van der Waals surface area contributed by atoms with Gasteiger partial charge in [0.15, 0.2) is 6.10 Å². The van der Waals surface area contributed by atoms with Gasteiger partial charge in [-0.25, -0.2) is 9.59 Å². The summed E-state index contributed by atoms with van der Waals surface area (Å²) in [7, 11) is 0. The van der Waals surface area contributed by atoms with Gasteiger partial charge in [-0.1, -0.05) is 11.6 Å². The molecule has 1 rings (SSSR count). The van der Waals surface area contributed by atoms with E-state index in [0.717, 1.165) is 0 Å². The molecule has 0 saturated carbocycles. The Morgan fingerprint density at radius 2 is 1.78 bits per heavy atom. The average Bonchev–Trinajstić information content (AvgIpc) is 2.28. The summed E-state index contributed by atoms with van der Waals surface area (Å²) >= 11 is 5.61. The summed E-state index contributed by atoms with van der Waals surface area (Å²) in [4.78, 5) is 32.8. The molecule has 7 heteroatoms. The van der Waals surface area contributed by atoms with Crippen molar-refractivity contribution in [3.63, 3.8) is 0 Å². The molecule has 0 aromatic heterocycles. The van der Waals surface area contributed by atoms with Gasteiger partial charge in [0.05, 0.1) is 12.0 Å². The maximum Gasteiger partial charge on any atom is 0.345 e. The number of carboxylic acids is 1. The van der Waals surface area contributed by atoms with Crippen molar-refractivity contribution in [2.24, 2.45) is 0 Å². The number of carboxylic acid groups (broad SMARTS) is 1.